The predicted molar refractivity (Wildman–Crippen MR) is 96.6 cm³/mol. The van der Waals surface area contributed by atoms with Crippen LogP contribution < -0.4 is 14.8 Å². The van der Waals surface area contributed by atoms with E-state index in [0.717, 1.165) is 26.2 Å². The van der Waals surface area contributed by atoms with E-state index in [0.29, 0.717) is 23.7 Å². The third-order valence-corrected chi connectivity index (χ3v) is 5.39. The molecule has 3 N–H and O–H groups in total. The number of nitrogens with one attached hydrogen (secondary N) is 2. The minimum Gasteiger partial charge on any atom is -0.485 e. The van der Waals surface area contributed by atoms with Gasteiger partial charge in [-0.3, -0.25) is 4.90 Å². The average molecular weight is 356 g/mol. The Hall–Kier alpha value is -0.990. The quantitative estimate of drug-likeness (QED) is 0.642. The second-order valence-corrected chi connectivity index (χ2v) is 7.81. The van der Waals surface area contributed by atoms with Gasteiger partial charge >= 0.3 is 0 Å². The van der Waals surface area contributed by atoms with Crippen molar-refractivity contribution in [2.75, 3.05) is 39.3 Å². The molecule has 136 valence electrons. The molecule has 7 heteroatoms. The van der Waals surface area contributed by atoms with E-state index in [1.807, 2.05) is 20.8 Å². The molecule has 0 saturated carbocycles. The maximum absolute atomic E-state index is 11.9. The lowest BCUT2D eigenvalue weighted by Gasteiger charge is -2.36. The molecule has 0 aliphatic carbocycles. The highest BCUT2D eigenvalue weighted by molar-refractivity contribution is 7.83. The van der Waals surface area contributed by atoms with Gasteiger partial charge in [-0.1, -0.05) is 6.92 Å². The summed E-state index contributed by atoms with van der Waals surface area (Å²) in [6, 6.07) is 7.16. The van der Waals surface area contributed by atoms with Gasteiger partial charge in [-0.2, -0.15) is 0 Å². The first-order valence-electron chi connectivity index (χ1n) is 8.48. The highest BCUT2D eigenvalue weighted by Gasteiger charge is 2.32. The fourth-order valence-electron chi connectivity index (χ4n) is 2.58. The maximum atomic E-state index is 11.9. The molecule has 1 heterocycles. The Bertz CT molecular complexity index is 530. The minimum atomic E-state index is -1.20. The Kier molecular flexibility index (Phi) is 7.18. The van der Waals surface area contributed by atoms with Gasteiger partial charge in [0.25, 0.3) is 0 Å². The van der Waals surface area contributed by atoms with Gasteiger partial charge in [-0.25, -0.2) is 8.93 Å². The molecule has 2 unspecified atom stereocenters. The fraction of sp³-hybridized carbons (Fsp3) is 0.647. The Morgan fingerprint density at radius 1 is 1.33 bits per heavy atom. The molecular formula is C17H29N3O3S. The zero-order valence-electron chi connectivity index (χ0n) is 14.7. The normalized spacial score (nSPS) is 19.0. The monoisotopic (exact) mass is 355 g/mol. The van der Waals surface area contributed by atoms with E-state index in [-0.39, 0.29) is 0 Å². The second kappa shape index (κ2) is 8.92. The molecule has 0 spiro atoms. The van der Waals surface area contributed by atoms with Crippen LogP contribution in [0, 0.1) is 0 Å². The van der Waals surface area contributed by atoms with Crippen LogP contribution in [0.3, 0.4) is 0 Å². The number of nitrogens with zero attached hydrogens (tertiary/aromatic N) is 1. The van der Waals surface area contributed by atoms with Gasteiger partial charge in [0.15, 0.2) is 0 Å². The van der Waals surface area contributed by atoms with Gasteiger partial charge < -0.3 is 15.2 Å². The van der Waals surface area contributed by atoms with Crippen LogP contribution in [0.5, 0.6) is 5.75 Å². The van der Waals surface area contributed by atoms with E-state index in [1.54, 1.807) is 24.3 Å². The summed E-state index contributed by atoms with van der Waals surface area (Å²) in [4.78, 5) is 2.96. The van der Waals surface area contributed by atoms with Crippen molar-refractivity contribution in [1.82, 2.24) is 14.9 Å². The standard InChI is InChI=1S/C17H29N3O3S/c1-4-19-24(22)15-7-5-14(6-8-15)23-17(2,3)16(21)13-20-11-9-18-10-12-20/h5-8,16,18-19,21H,4,9-13H2,1-3H3. The first-order chi connectivity index (χ1) is 11.4. The van der Waals surface area contributed by atoms with E-state index in [2.05, 4.69) is 14.9 Å². The van der Waals surface area contributed by atoms with Crippen molar-refractivity contribution < 1.29 is 14.1 Å². The summed E-state index contributed by atoms with van der Waals surface area (Å²) in [5.74, 6) is 0.664. The number of benzene rings is 1. The molecular weight excluding hydrogens is 326 g/mol. The molecule has 6 nitrogen and oxygen atoms in total. The molecule has 1 aromatic carbocycles. The van der Waals surface area contributed by atoms with Crippen molar-refractivity contribution in [2.24, 2.45) is 0 Å². The van der Waals surface area contributed by atoms with E-state index < -0.39 is 22.7 Å². The number of aliphatic hydroxyl groups is 1. The smallest absolute Gasteiger partial charge is 0.130 e. The van der Waals surface area contributed by atoms with Crippen molar-refractivity contribution in [3.63, 3.8) is 0 Å². The summed E-state index contributed by atoms with van der Waals surface area (Å²) in [5.41, 5.74) is -0.701. The molecule has 0 radical (unpaired) electrons. The lowest BCUT2D eigenvalue weighted by atomic mass is 10.0. The van der Waals surface area contributed by atoms with Crippen LogP contribution in [0.2, 0.25) is 0 Å². The molecule has 2 atom stereocenters. The third-order valence-electron chi connectivity index (χ3n) is 4.14. The minimum absolute atomic E-state index is 0.592. The average Bonchev–Trinajstić information content (AvgIpc) is 2.56. The number of rotatable bonds is 8. The number of β-amino-alcohol motifs (C(OH)–C–C–N with tert-alkyl or cyclic N) is 1. The van der Waals surface area contributed by atoms with Crippen molar-refractivity contribution in [1.29, 1.82) is 0 Å². The lowest BCUT2D eigenvalue weighted by molar-refractivity contribution is -0.0456. The third kappa shape index (κ3) is 5.53. The van der Waals surface area contributed by atoms with E-state index in [1.165, 1.54) is 0 Å². The van der Waals surface area contributed by atoms with Crippen molar-refractivity contribution in [3.05, 3.63) is 24.3 Å². The second-order valence-electron chi connectivity index (χ2n) is 6.51. The number of piperazine rings is 1. The molecule has 2 rings (SSSR count). The number of ether oxygens (including phenoxy) is 1. The van der Waals surface area contributed by atoms with Crippen molar-refractivity contribution in [2.45, 2.75) is 37.4 Å². The van der Waals surface area contributed by atoms with Crippen LogP contribution in [-0.2, 0) is 11.0 Å². The summed E-state index contributed by atoms with van der Waals surface area (Å²) in [6.07, 6.45) is -0.592. The summed E-state index contributed by atoms with van der Waals surface area (Å²) >= 11 is 0. The van der Waals surface area contributed by atoms with Crippen LogP contribution in [0.25, 0.3) is 0 Å². The first kappa shape index (κ1) is 19.3. The van der Waals surface area contributed by atoms with E-state index in [9.17, 15) is 9.32 Å². The van der Waals surface area contributed by atoms with Gasteiger partial charge in [-0.15, -0.1) is 0 Å². The Labute approximate surface area is 147 Å². The molecule has 24 heavy (non-hydrogen) atoms. The van der Waals surface area contributed by atoms with Gasteiger partial charge in [0.1, 0.15) is 28.4 Å². The topological polar surface area (TPSA) is 73.8 Å². The molecule has 1 aromatic rings. The molecule has 1 aliphatic heterocycles. The molecule has 1 saturated heterocycles. The van der Waals surface area contributed by atoms with Crippen LogP contribution in [0.4, 0.5) is 0 Å². The summed E-state index contributed by atoms with van der Waals surface area (Å²) in [7, 11) is -1.20. The zero-order chi connectivity index (χ0) is 17.6. The molecule has 1 fully saturated rings. The van der Waals surface area contributed by atoms with Gasteiger partial charge in [-0.05, 0) is 38.1 Å². The van der Waals surface area contributed by atoms with Crippen LogP contribution in [0.15, 0.2) is 29.2 Å². The van der Waals surface area contributed by atoms with Gasteiger partial charge in [0, 0.05) is 39.3 Å². The SMILES string of the molecule is CCNS(=O)c1ccc(OC(C)(C)C(O)CN2CCNCC2)cc1. The maximum Gasteiger partial charge on any atom is 0.130 e. The van der Waals surface area contributed by atoms with Gasteiger partial charge in [0.2, 0.25) is 0 Å². The lowest BCUT2D eigenvalue weighted by Crippen LogP contribution is -2.52. The molecule has 0 aromatic heterocycles. The van der Waals surface area contributed by atoms with E-state index in [4.69, 9.17) is 4.74 Å². The molecule has 0 amide bonds. The largest absolute Gasteiger partial charge is 0.485 e. The van der Waals surface area contributed by atoms with Crippen molar-refractivity contribution >= 4 is 11.0 Å². The zero-order valence-corrected chi connectivity index (χ0v) is 15.6. The van der Waals surface area contributed by atoms with Crippen LogP contribution in [0.1, 0.15) is 20.8 Å². The molecule has 1 aliphatic rings. The highest BCUT2D eigenvalue weighted by atomic mass is 32.2. The summed E-state index contributed by atoms with van der Waals surface area (Å²) < 4.78 is 20.7. The van der Waals surface area contributed by atoms with E-state index >= 15 is 0 Å². The predicted octanol–water partition coefficient (Wildman–Crippen LogP) is 0.742. The fourth-order valence-corrected chi connectivity index (χ4v) is 3.39. The summed E-state index contributed by atoms with van der Waals surface area (Å²) in [5, 5.41) is 13.9. The summed E-state index contributed by atoms with van der Waals surface area (Å²) in [6.45, 7) is 10.7. The number of hydrogen-bond donors (Lipinski definition) is 3. The number of hydrogen-bond acceptors (Lipinski definition) is 5. The molecule has 0 bridgehead atoms. The first-order valence-corrected chi connectivity index (χ1v) is 9.63. The van der Waals surface area contributed by atoms with Crippen LogP contribution in [-0.4, -0.2) is 65.2 Å². The van der Waals surface area contributed by atoms with Gasteiger partial charge in [0.05, 0.1) is 4.90 Å². The number of aliphatic hydroxyl groups excluding tert-OH is 1. The Morgan fingerprint density at radius 2 is 1.96 bits per heavy atom. The van der Waals surface area contributed by atoms with Crippen molar-refractivity contribution in [3.8, 4) is 5.75 Å². The highest BCUT2D eigenvalue weighted by Crippen LogP contribution is 2.23. The Balaban J connectivity index is 1.93. The van der Waals surface area contributed by atoms with Crippen LogP contribution >= 0.6 is 0 Å². The Morgan fingerprint density at radius 3 is 2.54 bits per heavy atom.